The molecule has 7 nitrogen and oxygen atoms in total. The number of hydrogen-bond donors (Lipinski definition) is 1. The van der Waals surface area contributed by atoms with Crippen LogP contribution in [0.15, 0.2) is 54.7 Å². The van der Waals surface area contributed by atoms with Crippen LogP contribution in [0.1, 0.15) is 10.4 Å². The Morgan fingerprint density at radius 3 is 2.59 bits per heavy atom. The van der Waals surface area contributed by atoms with Gasteiger partial charge in [-0.25, -0.2) is 13.9 Å². The second kappa shape index (κ2) is 7.69. The summed E-state index contributed by atoms with van der Waals surface area (Å²) in [5.74, 6) is -1.32. The summed E-state index contributed by atoms with van der Waals surface area (Å²) < 4.78 is 24.7. The van der Waals surface area contributed by atoms with E-state index in [1.165, 1.54) is 42.3 Å². The molecular formula is C19H16FN3O4. The lowest BCUT2D eigenvalue weighted by atomic mass is 10.1. The molecule has 138 valence electrons. The molecule has 0 aliphatic rings. The quantitative estimate of drug-likeness (QED) is 0.673. The first-order valence-electron chi connectivity index (χ1n) is 7.93. The molecule has 2 N–H and O–H groups in total. The van der Waals surface area contributed by atoms with E-state index in [4.69, 9.17) is 15.2 Å². The molecule has 27 heavy (non-hydrogen) atoms. The monoisotopic (exact) mass is 369 g/mol. The summed E-state index contributed by atoms with van der Waals surface area (Å²) in [4.78, 5) is 23.3. The highest BCUT2D eigenvalue weighted by atomic mass is 19.1. The second-order valence-corrected chi connectivity index (χ2v) is 5.59. The minimum absolute atomic E-state index is 0.133. The van der Waals surface area contributed by atoms with Crippen LogP contribution >= 0.6 is 0 Å². The van der Waals surface area contributed by atoms with E-state index in [2.05, 4.69) is 5.10 Å². The number of rotatable bonds is 6. The molecule has 0 saturated carbocycles. The maximum Gasteiger partial charge on any atom is 0.342 e. The van der Waals surface area contributed by atoms with Gasteiger partial charge in [-0.2, -0.15) is 5.10 Å². The normalized spacial score (nSPS) is 10.4. The van der Waals surface area contributed by atoms with E-state index in [0.29, 0.717) is 22.7 Å². The van der Waals surface area contributed by atoms with Crippen molar-refractivity contribution in [3.63, 3.8) is 0 Å². The van der Waals surface area contributed by atoms with Gasteiger partial charge >= 0.3 is 5.97 Å². The Labute approximate surface area is 154 Å². The summed E-state index contributed by atoms with van der Waals surface area (Å²) in [7, 11) is 1.53. The number of ether oxygens (including phenoxy) is 2. The van der Waals surface area contributed by atoms with Crippen LogP contribution in [0.4, 0.5) is 4.39 Å². The van der Waals surface area contributed by atoms with Crippen molar-refractivity contribution in [3.05, 3.63) is 66.1 Å². The van der Waals surface area contributed by atoms with Gasteiger partial charge in [0.15, 0.2) is 6.61 Å². The summed E-state index contributed by atoms with van der Waals surface area (Å²) >= 11 is 0. The van der Waals surface area contributed by atoms with E-state index in [1.54, 1.807) is 24.3 Å². The maximum absolute atomic E-state index is 13.2. The number of amides is 1. The Kier molecular flexibility index (Phi) is 5.16. The molecule has 0 radical (unpaired) electrons. The van der Waals surface area contributed by atoms with Gasteiger partial charge in [0.05, 0.1) is 12.8 Å². The van der Waals surface area contributed by atoms with Crippen molar-refractivity contribution in [3.8, 4) is 22.7 Å². The van der Waals surface area contributed by atoms with Gasteiger partial charge in [-0.3, -0.25) is 4.79 Å². The lowest BCUT2D eigenvalue weighted by molar-refractivity contribution is -0.121. The van der Waals surface area contributed by atoms with E-state index in [1.807, 2.05) is 0 Å². The van der Waals surface area contributed by atoms with Gasteiger partial charge in [-0.1, -0.05) is 12.1 Å². The number of aromatic nitrogens is 2. The minimum Gasteiger partial charge on any atom is -0.497 e. The van der Waals surface area contributed by atoms with Crippen LogP contribution in [0.3, 0.4) is 0 Å². The molecule has 0 atom stereocenters. The number of halogens is 1. The zero-order chi connectivity index (χ0) is 19.4. The number of benzene rings is 2. The van der Waals surface area contributed by atoms with Crippen molar-refractivity contribution < 1.29 is 23.5 Å². The summed E-state index contributed by atoms with van der Waals surface area (Å²) in [6.45, 7) is -0.544. The number of nitrogens with two attached hydrogens (primary N) is 1. The average Bonchev–Trinajstić information content (AvgIpc) is 3.12. The van der Waals surface area contributed by atoms with Crippen LogP contribution in [0.25, 0.3) is 16.9 Å². The molecule has 0 saturated heterocycles. The van der Waals surface area contributed by atoms with Crippen molar-refractivity contribution in [2.45, 2.75) is 0 Å². The molecule has 1 amide bonds. The average molecular weight is 369 g/mol. The first-order chi connectivity index (χ1) is 13.0. The minimum atomic E-state index is -0.766. The predicted octanol–water partition coefficient (Wildman–Crippen LogP) is 2.33. The fourth-order valence-electron chi connectivity index (χ4n) is 2.45. The molecule has 0 bridgehead atoms. The summed E-state index contributed by atoms with van der Waals surface area (Å²) in [5.41, 5.74) is 6.65. The first kappa shape index (κ1) is 18.1. The molecule has 0 unspecified atom stereocenters. The Balaban J connectivity index is 2.06. The summed E-state index contributed by atoms with van der Waals surface area (Å²) in [6.07, 6.45) is 1.45. The zero-order valence-electron chi connectivity index (χ0n) is 14.4. The molecule has 3 aromatic rings. The van der Waals surface area contributed by atoms with Gasteiger partial charge in [-0.05, 0) is 36.4 Å². The van der Waals surface area contributed by atoms with Crippen molar-refractivity contribution in [1.82, 2.24) is 9.78 Å². The van der Waals surface area contributed by atoms with E-state index in [-0.39, 0.29) is 11.4 Å². The SMILES string of the molecule is COc1cccc(-c2nn(-c3ccc(F)cc3)cc2C(=O)OCC(N)=O)c1. The van der Waals surface area contributed by atoms with Crippen molar-refractivity contribution in [1.29, 1.82) is 0 Å². The molecule has 1 aromatic heterocycles. The number of carbonyl (C=O) groups excluding carboxylic acids is 2. The molecule has 8 heteroatoms. The number of nitrogens with zero attached hydrogens (tertiary/aromatic N) is 2. The van der Waals surface area contributed by atoms with Gasteiger partial charge < -0.3 is 15.2 Å². The van der Waals surface area contributed by atoms with Crippen LogP contribution < -0.4 is 10.5 Å². The van der Waals surface area contributed by atoms with Crippen molar-refractivity contribution in [2.75, 3.05) is 13.7 Å². The smallest absolute Gasteiger partial charge is 0.342 e. The molecule has 3 rings (SSSR count). The molecule has 0 fully saturated rings. The zero-order valence-corrected chi connectivity index (χ0v) is 14.4. The van der Waals surface area contributed by atoms with E-state index < -0.39 is 18.5 Å². The number of carbonyl (C=O) groups is 2. The third-order valence-corrected chi connectivity index (χ3v) is 3.71. The molecule has 2 aromatic carbocycles. The van der Waals surface area contributed by atoms with E-state index in [0.717, 1.165) is 0 Å². The van der Waals surface area contributed by atoms with Gasteiger partial charge in [0.1, 0.15) is 22.8 Å². The number of methoxy groups -OCH3 is 1. The van der Waals surface area contributed by atoms with Gasteiger partial charge in [0.2, 0.25) is 0 Å². The van der Waals surface area contributed by atoms with E-state index in [9.17, 15) is 14.0 Å². The van der Waals surface area contributed by atoms with Crippen molar-refractivity contribution in [2.24, 2.45) is 5.73 Å². The molecule has 1 heterocycles. The number of hydrogen-bond acceptors (Lipinski definition) is 5. The van der Waals surface area contributed by atoms with Crippen LogP contribution in [-0.4, -0.2) is 35.4 Å². The Bertz CT molecular complexity index is 983. The number of esters is 1. The van der Waals surface area contributed by atoms with Gasteiger partial charge in [0.25, 0.3) is 5.91 Å². The Hall–Kier alpha value is -3.68. The second-order valence-electron chi connectivity index (χ2n) is 5.59. The fraction of sp³-hybridized carbons (Fsp3) is 0.105. The third-order valence-electron chi connectivity index (χ3n) is 3.71. The number of primary amides is 1. The highest BCUT2D eigenvalue weighted by molar-refractivity contribution is 5.97. The molecule has 0 aliphatic heterocycles. The lowest BCUT2D eigenvalue weighted by Crippen LogP contribution is -2.21. The molecule has 0 aliphatic carbocycles. The van der Waals surface area contributed by atoms with Crippen LogP contribution in [0, 0.1) is 5.82 Å². The standard InChI is InChI=1S/C19H16FN3O4/c1-26-15-4-2-3-12(9-15)18-16(19(25)27-11-17(21)24)10-23(22-18)14-7-5-13(20)6-8-14/h2-10H,11H2,1H3,(H2,21,24). The predicted molar refractivity (Wildman–Crippen MR) is 95.0 cm³/mol. The largest absolute Gasteiger partial charge is 0.497 e. The molecular weight excluding hydrogens is 353 g/mol. The van der Waals surface area contributed by atoms with Crippen LogP contribution in [0.2, 0.25) is 0 Å². The van der Waals surface area contributed by atoms with Gasteiger partial charge in [-0.15, -0.1) is 0 Å². The van der Waals surface area contributed by atoms with Crippen LogP contribution in [-0.2, 0) is 9.53 Å². The topological polar surface area (TPSA) is 96.4 Å². The van der Waals surface area contributed by atoms with Gasteiger partial charge in [0, 0.05) is 11.8 Å². The summed E-state index contributed by atoms with van der Waals surface area (Å²) in [5, 5.41) is 4.43. The highest BCUT2D eigenvalue weighted by Gasteiger charge is 2.21. The molecule has 0 spiro atoms. The third kappa shape index (κ3) is 4.12. The lowest BCUT2D eigenvalue weighted by Gasteiger charge is -2.05. The Morgan fingerprint density at radius 2 is 1.93 bits per heavy atom. The fourth-order valence-corrected chi connectivity index (χ4v) is 2.45. The van der Waals surface area contributed by atoms with Crippen molar-refractivity contribution >= 4 is 11.9 Å². The highest BCUT2D eigenvalue weighted by Crippen LogP contribution is 2.27. The maximum atomic E-state index is 13.2. The van der Waals surface area contributed by atoms with E-state index >= 15 is 0 Å². The summed E-state index contributed by atoms with van der Waals surface area (Å²) in [6, 6.07) is 12.6. The van der Waals surface area contributed by atoms with Crippen LogP contribution in [0.5, 0.6) is 5.75 Å². The Morgan fingerprint density at radius 1 is 1.19 bits per heavy atom. The first-order valence-corrected chi connectivity index (χ1v) is 7.93.